The third kappa shape index (κ3) is 4.47. The highest BCUT2D eigenvalue weighted by atomic mass is 16.5. The molecule has 0 aliphatic carbocycles. The number of hydrogen-bond acceptors (Lipinski definition) is 3. The van der Waals surface area contributed by atoms with Crippen molar-refractivity contribution in [3.63, 3.8) is 0 Å². The van der Waals surface area contributed by atoms with Crippen LogP contribution in [0.1, 0.15) is 32.3 Å². The van der Waals surface area contributed by atoms with Gasteiger partial charge in [0.2, 0.25) is 0 Å². The Kier molecular flexibility index (Phi) is 5.53. The monoisotopic (exact) mass is 235 g/mol. The smallest absolute Gasteiger partial charge is 0.328 e. The number of carbonyl (C=O) groups excluding carboxylic acids is 1. The number of hydrogen-bond donors (Lipinski definition) is 1. The van der Waals surface area contributed by atoms with Crippen LogP contribution in [0.2, 0.25) is 0 Å². The van der Waals surface area contributed by atoms with Crippen LogP contribution in [0.15, 0.2) is 24.3 Å². The summed E-state index contributed by atoms with van der Waals surface area (Å²) in [6.07, 6.45) is 1.73. The van der Waals surface area contributed by atoms with Crippen molar-refractivity contribution in [2.75, 3.05) is 11.9 Å². The van der Waals surface area contributed by atoms with E-state index in [0.29, 0.717) is 6.61 Å². The largest absolute Gasteiger partial charge is 0.464 e. The molecule has 94 valence electrons. The fourth-order valence-electron chi connectivity index (χ4n) is 1.63. The minimum atomic E-state index is -0.248. The molecule has 3 heteroatoms. The van der Waals surface area contributed by atoms with Gasteiger partial charge in [-0.05, 0) is 32.4 Å². The van der Waals surface area contributed by atoms with E-state index in [1.54, 1.807) is 0 Å². The maximum absolute atomic E-state index is 11.7. The average Bonchev–Trinajstić information content (AvgIpc) is 2.31. The van der Waals surface area contributed by atoms with E-state index in [2.05, 4.69) is 12.2 Å². The maximum atomic E-state index is 11.7. The highest BCUT2D eigenvalue weighted by molar-refractivity contribution is 5.79. The van der Waals surface area contributed by atoms with Crippen molar-refractivity contribution in [3.05, 3.63) is 29.8 Å². The van der Waals surface area contributed by atoms with Gasteiger partial charge in [-0.25, -0.2) is 4.79 Å². The first kappa shape index (κ1) is 13.6. The molecule has 0 spiro atoms. The van der Waals surface area contributed by atoms with Crippen LogP contribution in [0.25, 0.3) is 0 Å². The average molecular weight is 235 g/mol. The van der Waals surface area contributed by atoms with Gasteiger partial charge in [0.05, 0.1) is 6.61 Å². The molecule has 1 atom stereocenters. The first-order chi connectivity index (χ1) is 8.17. The van der Waals surface area contributed by atoms with Gasteiger partial charge in [0.15, 0.2) is 0 Å². The lowest BCUT2D eigenvalue weighted by molar-refractivity contribution is -0.144. The summed E-state index contributed by atoms with van der Waals surface area (Å²) in [5, 5.41) is 3.22. The van der Waals surface area contributed by atoms with Crippen LogP contribution in [-0.4, -0.2) is 18.6 Å². The van der Waals surface area contributed by atoms with Crippen molar-refractivity contribution in [2.45, 2.75) is 39.7 Å². The van der Waals surface area contributed by atoms with Crippen LogP contribution in [0.5, 0.6) is 0 Å². The molecule has 1 N–H and O–H groups in total. The molecule has 0 bridgehead atoms. The van der Waals surface area contributed by atoms with Crippen LogP contribution in [0.3, 0.4) is 0 Å². The lowest BCUT2D eigenvalue weighted by Crippen LogP contribution is -2.31. The Morgan fingerprint density at radius 3 is 2.47 bits per heavy atom. The zero-order valence-electron chi connectivity index (χ0n) is 10.8. The molecule has 0 aromatic heterocycles. The van der Waals surface area contributed by atoms with Gasteiger partial charge in [0, 0.05) is 5.69 Å². The van der Waals surface area contributed by atoms with Gasteiger partial charge in [0.1, 0.15) is 6.04 Å². The molecule has 1 unspecified atom stereocenters. The Morgan fingerprint density at radius 2 is 1.94 bits per heavy atom. The van der Waals surface area contributed by atoms with Gasteiger partial charge in [0.25, 0.3) is 0 Å². The van der Waals surface area contributed by atoms with E-state index in [0.717, 1.165) is 18.5 Å². The summed E-state index contributed by atoms with van der Waals surface area (Å²) in [6.45, 7) is 6.35. The van der Waals surface area contributed by atoms with E-state index in [-0.39, 0.29) is 12.0 Å². The molecule has 0 heterocycles. The van der Waals surface area contributed by atoms with E-state index in [1.807, 2.05) is 38.1 Å². The van der Waals surface area contributed by atoms with E-state index in [4.69, 9.17) is 4.74 Å². The quantitative estimate of drug-likeness (QED) is 0.770. The van der Waals surface area contributed by atoms with Gasteiger partial charge < -0.3 is 10.1 Å². The molecular formula is C14H21NO2. The fourth-order valence-corrected chi connectivity index (χ4v) is 1.63. The number of nitrogens with one attached hydrogen (secondary N) is 1. The van der Waals surface area contributed by atoms with Crippen molar-refractivity contribution in [1.82, 2.24) is 0 Å². The lowest BCUT2D eigenvalue weighted by atomic mass is 10.1. The molecule has 0 radical (unpaired) electrons. The molecule has 3 nitrogen and oxygen atoms in total. The Bertz CT molecular complexity index is 346. The molecule has 17 heavy (non-hydrogen) atoms. The van der Waals surface area contributed by atoms with Crippen molar-refractivity contribution in [1.29, 1.82) is 0 Å². The van der Waals surface area contributed by atoms with Crippen LogP contribution < -0.4 is 5.32 Å². The molecule has 0 amide bonds. The van der Waals surface area contributed by atoms with E-state index in [1.165, 1.54) is 5.56 Å². The normalized spacial score (nSPS) is 11.9. The summed E-state index contributed by atoms with van der Waals surface area (Å²) in [5.41, 5.74) is 2.17. The number of rotatable bonds is 6. The Labute approximate surface area is 103 Å². The summed E-state index contributed by atoms with van der Waals surface area (Å²) >= 11 is 0. The van der Waals surface area contributed by atoms with Crippen molar-refractivity contribution >= 4 is 11.7 Å². The molecule has 1 aromatic rings. The number of aryl methyl sites for hydroxylation is 1. The van der Waals surface area contributed by atoms with Crippen LogP contribution in [-0.2, 0) is 9.53 Å². The molecule has 0 saturated heterocycles. The van der Waals surface area contributed by atoms with Gasteiger partial charge >= 0.3 is 5.97 Å². The molecule has 1 aromatic carbocycles. The third-order valence-electron chi connectivity index (χ3n) is 2.54. The Morgan fingerprint density at radius 1 is 1.29 bits per heavy atom. The van der Waals surface area contributed by atoms with Gasteiger partial charge in [-0.2, -0.15) is 0 Å². The fraction of sp³-hybridized carbons (Fsp3) is 0.500. The molecule has 0 fully saturated rings. The van der Waals surface area contributed by atoms with Gasteiger partial charge in [-0.1, -0.05) is 31.0 Å². The number of anilines is 1. The predicted octanol–water partition coefficient (Wildman–Crippen LogP) is 3.14. The highest BCUT2D eigenvalue weighted by Crippen LogP contribution is 2.13. The van der Waals surface area contributed by atoms with Gasteiger partial charge in [-0.3, -0.25) is 0 Å². The van der Waals surface area contributed by atoms with Crippen LogP contribution in [0.4, 0.5) is 5.69 Å². The minimum absolute atomic E-state index is 0.171. The Hall–Kier alpha value is -1.51. The summed E-state index contributed by atoms with van der Waals surface area (Å²) in [4.78, 5) is 11.7. The summed E-state index contributed by atoms with van der Waals surface area (Å²) in [5.74, 6) is -0.171. The number of carbonyl (C=O) groups is 1. The third-order valence-corrected chi connectivity index (χ3v) is 2.54. The van der Waals surface area contributed by atoms with E-state index >= 15 is 0 Å². The summed E-state index contributed by atoms with van der Waals surface area (Å²) < 4.78 is 5.05. The molecule has 0 aliphatic heterocycles. The molecule has 0 aliphatic rings. The summed E-state index contributed by atoms with van der Waals surface area (Å²) in [7, 11) is 0. The summed E-state index contributed by atoms with van der Waals surface area (Å²) in [6, 6.07) is 7.77. The van der Waals surface area contributed by atoms with Crippen molar-refractivity contribution in [2.24, 2.45) is 0 Å². The van der Waals surface area contributed by atoms with Crippen LogP contribution in [0, 0.1) is 6.92 Å². The molecular weight excluding hydrogens is 214 g/mol. The standard InChI is InChI=1S/C14H21NO2/c1-4-6-13(14(16)17-5-2)15-12-9-7-11(3)8-10-12/h7-10,13,15H,4-6H2,1-3H3. The van der Waals surface area contributed by atoms with E-state index in [9.17, 15) is 4.79 Å². The minimum Gasteiger partial charge on any atom is -0.464 e. The molecule has 1 rings (SSSR count). The maximum Gasteiger partial charge on any atom is 0.328 e. The number of ether oxygens (including phenoxy) is 1. The number of esters is 1. The second-order valence-electron chi connectivity index (χ2n) is 4.10. The lowest BCUT2D eigenvalue weighted by Gasteiger charge is -2.17. The first-order valence-electron chi connectivity index (χ1n) is 6.17. The second kappa shape index (κ2) is 6.94. The second-order valence-corrected chi connectivity index (χ2v) is 4.10. The first-order valence-corrected chi connectivity index (χ1v) is 6.17. The zero-order valence-corrected chi connectivity index (χ0v) is 10.8. The van der Waals surface area contributed by atoms with Crippen LogP contribution >= 0.6 is 0 Å². The Balaban J connectivity index is 2.65. The van der Waals surface area contributed by atoms with Crippen molar-refractivity contribution in [3.8, 4) is 0 Å². The SMILES string of the molecule is CCCC(Nc1ccc(C)cc1)C(=O)OCC. The topological polar surface area (TPSA) is 38.3 Å². The predicted molar refractivity (Wildman–Crippen MR) is 70.1 cm³/mol. The van der Waals surface area contributed by atoms with Gasteiger partial charge in [-0.15, -0.1) is 0 Å². The molecule has 0 saturated carbocycles. The van der Waals surface area contributed by atoms with Crippen molar-refractivity contribution < 1.29 is 9.53 Å². The zero-order chi connectivity index (χ0) is 12.7. The number of benzene rings is 1. The highest BCUT2D eigenvalue weighted by Gasteiger charge is 2.18. The van der Waals surface area contributed by atoms with E-state index < -0.39 is 0 Å².